The summed E-state index contributed by atoms with van der Waals surface area (Å²) < 4.78 is 4.89. The van der Waals surface area contributed by atoms with Crippen molar-refractivity contribution in [2.24, 2.45) is 5.92 Å². The van der Waals surface area contributed by atoms with Crippen molar-refractivity contribution >= 4 is 5.91 Å². The Morgan fingerprint density at radius 3 is 3.27 bits per heavy atom. The van der Waals surface area contributed by atoms with Crippen molar-refractivity contribution in [3.8, 4) is 0 Å². The zero-order valence-corrected chi connectivity index (χ0v) is 8.35. The van der Waals surface area contributed by atoms with Crippen molar-refractivity contribution in [1.29, 1.82) is 0 Å². The molecule has 3 heterocycles. The van der Waals surface area contributed by atoms with E-state index in [1.807, 2.05) is 4.90 Å². The second-order valence-corrected chi connectivity index (χ2v) is 4.25. The Labute approximate surface area is 87.4 Å². The Morgan fingerprint density at radius 1 is 1.60 bits per heavy atom. The van der Waals surface area contributed by atoms with E-state index in [1.165, 1.54) is 6.20 Å². The second kappa shape index (κ2) is 3.34. The van der Waals surface area contributed by atoms with Gasteiger partial charge < -0.3 is 14.7 Å². The fourth-order valence-electron chi connectivity index (χ4n) is 2.53. The van der Waals surface area contributed by atoms with Gasteiger partial charge in [0.25, 0.3) is 5.91 Å². The minimum Gasteiger partial charge on any atom is -0.351 e. The van der Waals surface area contributed by atoms with Gasteiger partial charge in [0.15, 0.2) is 0 Å². The molecule has 0 aromatic carbocycles. The highest BCUT2D eigenvalue weighted by atomic mass is 16.5. The van der Waals surface area contributed by atoms with E-state index in [1.54, 1.807) is 6.07 Å². The molecule has 15 heavy (non-hydrogen) atoms. The van der Waals surface area contributed by atoms with E-state index in [9.17, 15) is 4.79 Å². The van der Waals surface area contributed by atoms with Gasteiger partial charge in [0, 0.05) is 25.2 Å². The SMILES string of the molecule is O=C(c1ccno1)N1CC2CNCC1C2. The molecule has 2 aliphatic rings. The van der Waals surface area contributed by atoms with Crippen LogP contribution in [0, 0.1) is 5.92 Å². The summed E-state index contributed by atoms with van der Waals surface area (Å²) >= 11 is 0. The minimum absolute atomic E-state index is 0.0244. The first-order valence-electron chi connectivity index (χ1n) is 5.27. The molecule has 1 aromatic rings. The van der Waals surface area contributed by atoms with Crippen LogP contribution in [0.4, 0.5) is 0 Å². The monoisotopic (exact) mass is 207 g/mol. The van der Waals surface area contributed by atoms with E-state index in [2.05, 4.69) is 10.5 Å². The van der Waals surface area contributed by atoms with E-state index in [0.29, 0.717) is 17.7 Å². The summed E-state index contributed by atoms with van der Waals surface area (Å²) in [6.45, 7) is 2.77. The number of nitrogens with one attached hydrogen (secondary N) is 1. The number of likely N-dealkylation sites (tertiary alicyclic amines) is 1. The van der Waals surface area contributed by atoms with Crippen LogP contribution >= 0.6 is 0 Å². The first-order chi connectivity index (χ1) is 7.34. The molecule has 80 valence electrons. The second-order valence-electron chi connectivity index (χ2n) is 4.25. The molecule has 2 saturated heterocycles. The molecule has 1 aromatic heterocycles. The Kier molecular flexibility index (Phi) is 1.98. The summed E-state index contributed by atoms with van der Waals surface area (Å²) in [5.41, 5.74) is 0. The number of amides is 1. The number of rotatable bonds is 1. The first-order valence-corrected chi connectivity index (χ1v) is 5.27. The minimum atomic E-state index is -0.0244. The molecule has 2 bridgehead atoms. The molecule has 2 fully saturated rings. The number of hydrogen-bond acceptors (Lipinski definition) is 4. The summed E-state index contributed by atoms with van der Waals surface area (Å²) in [4.78, 5) is 13.9. The highest BCUT2D eigenvalue weighted by molar-refractivity contribution is 5.91. The van der Waals surface area contributed by atoms with Crippen LogP contribution in [0.3, 0.4) is 0 Å². The van der Waals surface area contributed by atoms with Crippen LogP contribution in [-0.4, -0.2) is 41.6 Å². The molecule has 0 radical (unpaired) electrons. The van der Waals surface area contributed by atoms with Gasteiger partial charge in [-0.05, 0) is 18.9 Å². The van der Waals surface area contributed by atoms with Crippen LogP contribution in [0.15, 0.2) is 16.8 Å². The van der Waals surface area contributed by atoms with Crippen molar-refractivity contribution in [2.45, 2.75) is 12.5 Å². The standard InChI is InChI=1S/C10H13N3O2/c14-10(9-1-2-12-15-9)13-6-7-3-8(13)5-11-4-7/h1-2,7-8,11H,3-6H2. The third kappa shape index (κ3) is 1.43. The zero-order chi connectivity index (χ0) is 10.3. The van der Waals surface area contributed by atoms with Crippen molar-refractivity contribution < 1.29 is 9.32 Å². The Morgan fingerprint density at radius 2 is 2.53 bits per heavy atom. The van der Waals surface area contributed by atoms with E-state index >= 15 is 0 Å². The molecule has 0 spiro atoms. The quantitative estimate of drug-likeness (QED) is 0.710. The normalized spacial score (nSPS) is 29.5. The predicted octanol–water partition coefficient (Wildman–Crippen LogP) is 0.108. The smallest absolute Gasteiger partial charge is 0.292 e. The Balaban J connectivity index is 1.80. The number of aromatic nitrogens is 1. The maximum Gasteiger partial charge on any atom is 0.292 e. The van der Waals surface area contributed by atoms with Gasteiger partial charge in [0.2, 0.25) is 5.76 Å². The van der Waals surface area contributed by atoms with Crippen LogP contribution in [0.2, 0.25) is 0 Å². The largest absolute Gasteiger partial charge is 0.351 e. The summed E-state index contributed by atoms with van der Waals surface area (Å²) in [6, 6.07) is 1.96. The summed E-state index contributed by atoms with van der Waals surface area (Å²) in [5, 5.41) is 6.90. The molecule has 0 aliphatic carbocycles. The topological polar surface area (TPSA) is 58.4 Å². The molecule has 5 nitrogen and oxygen atoms in total. The van der Waals surface area contributed by atoms with Gasteiger partial charge in [0.05, 0.1) is 6.20 Å². The number of carbonyl (C=O) groups excluding carboxylic acids is 1. The van der Waals surface area contributed by atoms with Gasteiger partial charge in [-0.15, -0.1) is 0 Å². The highest BCUT2D eigenvalue weighted by Crippen LogP contribution is 2.27. The molecule has 0 saturated carbocycles. The molecule has 1 amide bonds. The lowest BCUT2D eigenvalue weighted by Gasteiger charge is -2.23. The van der Waals surface area contributed by atoms with Gasteiger partial charge in [-0.3, -0.25) is 4.79 Å². The fraction of sp³-hybridized carbons (Fsp3) is 0.600. The average molecular weight is 207 g/mol. The molecule has 5 heteroatoms. The predicted molar refractivity (Wildman–Crippen MR) is 52.3 cm³/mol. The summed E-state index contributed by atoms with van der Waals surface area (Å²) in [7, 11) is 0. The van der Waals surface area contributed by atoms with Gasteiger partial charge in [-0.2, -0.15) is 0 Å². The number of carbonyl (C=O) groups is 1. The Bertz CT molecular complexity index is 363. The Hall–Kier alpha value is -1.36. The molecular formula is C10H13N3O2. The molecule has 2 aliphatic heterocycles. The van der Waals surface area contributed by atoms with Crippen LogP contribution in [0.1, 0.15) is 17.0 Å². The lowest BCUT2D eigenvalue weighted by molar-refractivity contribution is 0.0698. The molecule has 1 N–H and O–H groups in total. The molecule has 3 rings (SSSR count). The maximum absolute atomic E-state index is 12.0. The van der Waals surface area contributed by atoms with E-state index in [-0.39, 0.29) is 5.91 Å². The van der Waals surface area contributed by atoms with E-state index < -0.39 is 0 Å². The van der Waals surface area contributed by atoms with Crippen molar-refractivity contribution in [2.75, 3.05) is 19.6 Å². The van der Waals surface area contributed by atoms with Crippen LogP contribution in [-0.2, 0) is 0 Å². The number of nitrogens with zero attached hydrogens (tertiary/aromatic N) is 2. The van der Waals surface area contributed by atoms with Crippen molar-refractivity contribution in [3.05, 3.63) is 18.0 Å². The average Bonchev–Trinajstić information content (AvgIpc) is 2.86. The van der Waals surface area contributed by atoms with Gasteiger partial charge in [-0.25, -0.2) is 0 Å². The number of hydrogen-bond donors (Lipinski definition) is 1. The summed E-state index contributed by atoms with van der Waals surface area (Å²) in [6.07, 6.45) is 2.63. The molecule has 2 unspecified atom stereocenters. The summed E-state index contributed by atoms with van der Waals surface area (Å²) in [5.74, 6) is 0.932. The van der Waals surface area contributed by atoms with Gasteiger partial charge >= 0.3 is 0 Å². The third-order valence-electron chi connectivity index (χ3n) is 3.22. The number of piperidine rings is 1. The first kappa shape index (κ1) is 8.91. The molecule has 2 atom stereocenters. The lowest BCUT2D eigenvalue weighted by Crippen LogP contribution is -2.41. The maximum atomic E-state index is 12.0. The van der Waals surface area contributed by atoms with Gasteiger partial charge in [0.1, 0.15) is 0 Å². The van der Waals surface area contributed by atoms with Crippen molar-refractivity contribution in [1.82, 2.24) is 15.4 Å². The van der Waals surface area contributed by atoms with E-state index in [4.69, 9.17) is 4.52 Å². The molecular weight excluding hydrogens is 194 g/mol. The van der Waals surface area contributed by atoms with Crippen LogP contribution in [0.25, 0.3) is 0 Å². The van der Waals surface area contributed by atoms with E-state index in [0.717, 1.165) is 26.1 Å². The lowest BCUT2D eigenvalue weighted by atomic mass is 10.0. The third-order valence-corrected chi connectivity index (χ3v) is 3.22. The zero-order valence-electron chi connectivity index (χ0n) is 8.35. The fourth-order valence-corrected chi connectivity index (χ4v) is 2.53. The number of fused-ring (bicyclic) bond motifs is 2. The van der Waals surface area contributed by atoms with Gasteiger partial charge in [-0.1, -0.05) is 5.16 Å². The van der Waals surface area contributed by atoms with Crippen LogP contribution < -0.4 is 5.32 Å². The van der Waals surface area contributed by atoms with Crippen LogP contribution in [0.5, 0.6) is 0 Å². The van der Waals surface area contributed by atoms with Crippen molar-refractivity contribution in [3.63, 3.8) is 0 Å². The highest BCUT2D eigenvalue weighted by Gasteiger charge is 2.38.